The average Bonchev–Trinajstić information content (AvgIpc) is 2.73. The van der Waals surface area contributed by atoms with Crippen LogP contribution < -0.4 is 5.32 Å². The molecule has 8 nitrogen and oxygen atoms in total. The number of imide groups is 2. The van der Waals surface area contributed by atoms with Gasteiger partial charge in [0.15, 0.2) is 5.82 Å². The molecule has 2 rings (SSSR count). The maximum absolute atomic E-state index is 12.1. The highest BCUT2D eigenvalue weighted by Crippen LogP contribution is 2.23. The number of carbonyl (C=O) groups excluding carboxylic acids is 3. The molecule has 0 radical (unpaired) electrons. The molecule has 1 aromatic rings. The van der Waals surface area contributed by atoms with Crippen molar-refractivity contribution in [1.29, 1.82) is 0 Å². The van der Waals surface area contributed by atoms with Crippen molar-refractivity contribution < 1.29 is 18.9 Å². The number of amides is 4. The second kappa shape index (κ2) is 4.45. The van der Waals surface area contributed by atoms with Crippen molar-refractivity contribution in [2.75, 3.05) is 6.54 Å². The number of rotatable bonds is 3. The molecule has 1 aliphatic rings. The summed E-state index contributed by atoms with van der Waals surface area (Å²) in [4.78, 5) is 40.2. The third-order valence-electron chi connectivity index (χ3n) is 2.94. The first kappa shape index (κ1) is 13.2. The van der Waals surface area contributed by atoms with Gasteiger partial charge in [-0.2, -0.15) is 4.98 Å². The Balaban J connectivity index is 2.09. The molecule has 1 aliphatic heterocycles. The lowest BCUT2D eigenvalue weighted by Gasteiger charge is -2.34. The molecule has 0 aliphatic carbocycles. The van der Waals surface area contributed by atoms with Gasteiger partial charge in [0.25, 0.3) is 0 Å². The highest BCUT2D eigenvalue weighted by molar-refractivity contribution is 6.18. The number of aromatic nitrogens is 2. The summed E-state index contributed by atoms with van der Waals surface area (Å²) in [6, 6.07) is -0.713. The monoisotopic (exact) mass is 266 g/mol. The van der Waals surface area contributed by atoms with E-state index in [4.69, 9.17) is 4.52 Å². The summed E-state index contributed by atoms with van der Waals surface area (Å²) in [6.07, 6.45) is 0.279. The zero-order valence-corrected chi connectivity index (χ0v) is 10.9. The smallest absolute Gasteiger partial charge is 0.330 e. The van der Waals surface area contributed by atoms with Gasteiger partial charge in [0, 0.05) is 19.9 Å². The van der Waals surface area contributed by atoms with Gasteiger partial charge in [-0.25, -0.2) is 4.79 Å². The Morgan fingerprint density at radius 1 is 1.32 bits per heavy atom. The van der Waals surface area contributed by atoms with E-state index in [2.05, 4.69) is 15.5 Å². The molecule has 1 saturated heterocycles. The van der Waals surface area contributed by atoms with Crippen LogP contribution in [0.25, 0.3) is 0 Å². The topological polar surface area (TPSA) is 105 Å². The van der Waals surface area contributed by atoms with Gasteiger partial charge in [0.1, 0.15) is 5.41 Å². The minimum absolute atomic E-state index is 0.0976. The summed E-state index contributed by atoms with van der Waals surface area (Å²) >= 11 is 0. The first-order chi connectivity index (χ1) is 8.82. The summed E-state index contributed by atoms with van der Waals surface area (Å²) in [5.41, 5.74) is -1.25. The summed E-state index contributed by atoms with van der Waals surface area (Å²) in [5.74, 6) is -0.289. The molecule has 0 spiro atoms. The molecule has 0 atom stereocenters. The zero-order chi connectivity index (χ0) is 14.2. The van der Waals surface area contributed by atoms with Gasteiger partial charge in [-0.05, 0) is 13.8 Å². The van der Waals surface area contributed by atoms with Crippen molar-refractivity contribution in [1.82, 2.24) is 20.4 Å². The van der Waals surface area contributed by atoms with Gasteiger partial charge < -0.3 is 4.52 Å². The molecule has 4 amide bonds. The fourth-order valence-electron chi connectivity index (χ4n) is 1.71. The molecule has 0 saturated carbocycles. The van der Waals surface area contributed by atoms with Crippen LogP contribution in [0.1, 0.15) is 25.6 Å². The van der Waals surface area contributed by atoms with Crippen LogP contribution in [0.4, 0.5) is 4.79 Å². The van der Waals surface area contributed by atoms with Gasteiger partial charge in [0.2, 0.25) is 17.7 Å². The van der Waals surface area contributed by atoms with Crippen LogP contribution in [0.3, 0.4) is 0 Å². The Morgan fingerprint density at radius 3 is 2.58 bits per heavy atom. The number of hydrogen-bond donors (Lipinski definition) is 1. The Labute approximate surface area is 109 Å². The molecule has 1 fully saturated rings. The van der Waals surface area contributed by atoms with E-state index in [-0.39, 0.29) is 13.0 Å². The first-order valence-corrected chi connectivity index (χ1v) is 5.79. The Bertz CT molecular complexity index is 549. The molecule has 0 bridgehead atoms. The van der Waals surface area contributed by atoms with E-state index in [1.165, 1.54) is 13.8 Å². The lowest BCUT2D eigenvalue weighted by Crippen LogP contribution is -2.62. The van der Waals surface area contributed by atoms with E-state index in [0.717, 1.165) is 4.90 Å². The Morgan fingerprint density at radius 2 is 2.00 bits per heavy atom. The van der Waals surface area contributed by atoms with E-state index in [1.807, 2.05) is 0 Å². The molecule has 0 aromatic carbocycles. The van der Waals surface area contributed by atoms with Crippen LogP contribution in [0.5, 0.6) is 0 Å². The summed E-state index contributed by atoms with van der Waals surface area (Å²) in [5, 5.41) is 5.83. The van der Waals surface area contributed by atoms with Crippen LogP contribution in [0, 0.1) is 12.3 Å². The SMILES string of the molecule is Cc1nc(CCN2C(=O)NC(=O)C(C)(C)C2=O)no1. The third kappa shape index (κ3) is 2.33. The van der Waals surface area contributed by atoms with E-state index in [9.17, 15) is 14.4 Å². The second-order valence-electron chi connectivity index (χ2n) is 4.82. The first-order valence-electron chi connectivity index (χ1n) is 5.79. The highest BCUT2D eigenvalue weighted by atomic mass is 16.5. The number of nitrogens with zero attached hydrogens (tertiary/aromatic N) is 3. The number of nitrogens with one attached hydrogen (secondary N) is 1. The van der Waals surface area contributed by atoms with Crippen LogP contribution in [-0.2, 0) is 16.0 Å². The molecule has 19 heavy (non-hydrogen) atoms. The van der Waals surface area contributed by atoms with Gasteiger partial charge in [-0.3, -0.25) is 19.8 Å². The quantitative estimate of drug-likeness (QED) is 0.773. The summed E-state index contributed by atoms with van der Waals surface area (Å²) < 4.78 is 4.80. The van der Waals surface area contributed by atoms with Crippen molar-refractivity contribution in [3.63, 3.8) is 0 Å². The molecule has 8 heteroatoms. The normalized spacial score (nSPS) is 18.7. The number of hydrogen-bond acceptors (Lipinski definition) is 6. The predicted octanol–water partition coefficient (Wildman–Crippen LogP) is 0.0251. The van der Waals surface area contributed by atoms with E-state index in [1.54, 1.807) is 6.92 Å². The van der Waals surface area contributed by atoms with Crippen LogP contribution >= 0.6 is 0 Å². The van der Waals surface area contributed by atoms with Crippen LogP contribution in [0.2, 0.25) is 0 Å². The predicted molar refractivity (Wildman–Crippen MR) is 61.8 cm³/mol. The summed E-state index contributed by atoms with van der Waals surface area (Å²) in [7, 11) is 0. The highest BCUT2D eigenvalue weighted by Gasteiger charge is 2.46. The molecular weight excluding hydrogens is 252 g/mol. The summed E-state index contributed by atoms with van der Waals surface area (Å²) in [6.45, 7) is 4.70. The van der Waals surface area contributed by atoms with Gasteiger partial charge in [-0.1, -0.05) is 5.16 Å². The molecule has 102 valence electrons. The largest absolute Gasteiger partial charge is 0.340 e. The average molecular weight is 266 g/mol. The molecular formula is C11H14N4O4. The Hall–Kier alpha value is -2.25. The van der Waals surface area contributed by atoms with Crippen molar-refractivity contribution >= 4 is 17.8 Å². The molecule has 0 unspecified atom stereocenters. The number of urea groups is 1. The third-order valence-corrected chi connectivity index (χ3v) is 2.94. The lowest BCUT2D eigenvalue weighted by atomic mass is 9.89. The standard InChI is InChI=1S/C11H14N4O4/c1-6-12-7(14-19-6)4-5-15-9(17)11(2,3)8(16)13-10(15)18/h4-5H2,1-3H3,(H,13,16,18). The van der Waals surface area contributed by atoms with Gasteiger partial charge in [-0.15, -0.1) is 0 Å². The Kier molecular flexibility index (Phi) is 3.09. The van der Waals surface area contributed by atoms with Crippen molar-refractivity contribution in [2.24, 2.45) is 5.41 Å². The molecule has 2 heterocycles. The van der Waals surface area contributed by atoms with Crippen molar-refractivity contribution in [2.45, 2.75) is 27.2 Å². The number of barbiturate groups is 1. The maximum Gasteiger partial charge on any atom is 0.330 e. The fourth-order valence-corrected chi connectivity index (χ4v) is 1.71. The fraction of sp³-hybridized carbons (Fsp3) is 0.545. The van der Waals surface area contributed by atoms with E-state index in [0.29, 0.717) is 11.7 Å². The minimum atomic E-state index is -1.25. The van der Waals surface area contributed by atoms with Crippen LogP contribution in [-0.4, -0.2) is 39.4 Å². The number of aryl methyl sites for hydroxylation is 1. The van der Waals surface area contributed by atoms with E-state index >= 15 is 0 Å². The van der Waals surface area contributed by atoms with Gasteiger partial charge >= 0.3 is 6.03 Å². The zero-order valence-electron chi connectivity index (χ0n) is 10.9. The van der Waals surface area contributed by atoms with E-state index < -0.39 is 23.3 Å². The van der Waals surface area contributed by atoms with Gasteiger partial charge in [0.05, 0.1) is 0 Å². The minimum Gasteiger partial charge on any atom is -0.340 e. The van der Waals surface area contributed by atoms with Crippen molar-refractivity contribution in [3.8, 4) is 0 Å². The van der Waals surface area contributed by atoms with Crippen LogP contribution in [0.15, 0.2) is 4.52 Å². The number of carbonyl (C=O) groups is 3. The second-order valence-corrected chi connectivity index (χ2v) is 4.82. The maximum atomic E-state index is 12.1. The molecule has 1 N–H and O–H groups in total. The van der Waals surface area contributed by atoms with Crippen molar-refractivity contribution in [3.05, 3.63) is 11.7 Å². The molecule has 1 aromatic heterocycles. The lowest BCUT2D eigenvalue weighted by molar-refractivity contribution is -0.148.